The van der Waals surface area contributed by atoms with Crippen LogP contribution in [0.1, 0.15) is 11.1 Å². The quantitative estimate of drug-likeness (QED) is 0.700. The zero-order valence-corrected chi connectivity index (χ0v) is 12.4. The third-order valence-electron chi connectivity index (χ3n) is 3.40. The van der Waals surface area contributed by atoms with E-state index in [0.29, 0.717) is 19.2 Å². The van der Waals surface area contributed by atoms with Crippen molar-refractivity contribution in [3.8, 4) is 5.88 Å². The van der Waals surface area contributed by atoms with E-state index >= 15 is 0 Å². The lowest BCUT2D eigenvalue weighted by atomic mass is 10.2. The second-order valence-electron chi connectivity index (χ2n) is 4.80. The summed E-state index contributed by atoms with van der Waals surface area (Å²) < 4.78 is 13.1. The van der Waals surface area contributed by atoms with Gasteiger partial charge in [-0.15, -0.1) is 0 Å². The van der Waals surface area contributed by atoms with Gasteiger partial charge in [0.25, 0.3) is 0 Å². The van der Waals surface area contributed by atoms with E-state index in [-0.39, 0.29) is 0 Å². The van der Waals surface area contributed by atoms with E-state index in [9.17, 15) is 0 Å². The van der Waals surface area contributed by atoms with Gasteiger partial charge in [0, 0.05) is 11.8 Å². The van der Waals surface area contributed by atoms with Gasteiger partial charge in [-0.3, -0.25) is 0 Å². The fourth-order valence-electron chi connectivity index (χ4n) is 2.36. The van der Waals surface area contributed by atoms with Crippen molar-refractivity contribution in [1.82, 2.24) is 14.5 Å². The van der Waals surface area contributed by atoms with E-state index in [4.69, 9.17) is 9.47 Å². The van der Waals surface area contributed by atoms with Gasteiger partial charge >= 0.3 is 0 Å². The Morgan fingerprint density at radius 2 is 2.05 bits per heavy atom. The number of fused-ring (bicyclic) bond motifs is 1. The molecule has 0 unspecified atom stereocenters. The maximum absolute atomic E-state index is 5.79. The number of methoxy groups -OCH3 is 1. The van der Waals surface area contributed by atoms with E-state index in [2.05, 4.69) is 16.5 Å². The normalized spacial score (nSPS) is 10.8. The summed E-state index contributed by atoms with van der Waals surface area (Å²) in [5.41, 5.74) is 3.68. The fraction of sp³-hybridized carbons (Fsp3) is 0.176. The number of nitrogens with zero attached hydrogens (tertiary/aromatic N) is 3. The summed E-state index contributed by atoms with van der Waals surface area (Å²) in [6.45, 7) is 4.76. The zero-order valence-electron chi connectivity index (χ0n) is 12.4. The molecule has 0 aliphatic carbocycles. The van der Waals surface area contributed by atoms with Gasteiger partial charge in [-0.05, 0) is 5.56 Å². The third kappa shape index (κ3) is 2.71. The molecule has 3 rings (SSSR count). The Morgan fingerprint density at radius 1 is 1.23 bits per heavy atom. The minimum absolute atomic E-state index is 0.392. The zero-order chi connectivity index (χ0) is 15.4. The van der Waals surface area contributed by atoms with Crippen molar-refractivity contribution in [1.29, 1.82) is 0 Å². The summed E-state index contributed by atoms with van der Waals surface area (Å²) in [5.74, 6) is 0.529. The first-order valence-corrected chi connectivity index (χ1v) is 6.95. The number of hydrogen-bond acceptors (Lipinski definition) is 4. The lowest BCUT2D eigenvalue weighted by molar-refractivity contribution is 0.0665. The van der Waals surface area contributed by atoms with Crippen LogP contribution < -0.4 is 4.74 Å². The molecule has 0 saturated carbocycles. The van der Waals surface area contributed by atoms with Gasteiger partial charge < -0.3 is 14.0 Å². The van der Waals surface area contributed by atoms with Crippen molar-refractivity contribution < 1.29 is 9.47 Å². The highest BCUT2D eigenvalue weighted by molar-refractivity contribution is 5.88. The Morgan fingerprint density at radius 3 is 2.77 bits per heavy atom. The third-order valence-corrected chi connectivity index (χ3v) is 3.40. The molecule has 0 atom stereocenters. The summed E-state index contributed by atoms with van der Waals surface area (Å²) >= 11 is 0. The first-order chi connectivity index (χ1) is 10.8. The van der Waals surface area contributed by atoms with Crippen LogP contribution in [-0.4, -0.2) is 21.6 Å². The van der Waals surface area contributed by atoms with Crippen LogP contribution in [0.4, 0.5) is 0 Å². The molecule has 1 aromatic carbocycles. The van der Waals surface area contributed by atoms with E-state index in [0.717, 1.165) is 22.2 Å². The van der Waals surface area contributed by atoms with Crippen LogP contribution >= 0.6 is 0 Å². The van der Waals surface area contributed by atoms with Crippen molar-refractivity contribution in [3.63, 3.8) is 0 Å². The number of hydrogen-bond donors (Lipinski definition) is 0. The van der Waals surface area contributed by atoms with Gasteiger partial charge in [-0.25, -0.2) is 4.98 Å². The molecule has 22 heavy (non-hydrogen) atoms. The van der Waals surface area contributed by atoms with E-state index in [1.807, 2.05) is 41.1 Å². The lowest BCUT2D eigenvalue weighted by Crippen LogP contribution is -2.03. The SMILES string of the molecule is C=Cc1cn(COCc2ccccc2)c2c(OC)ncnc12. The Kier molecular flexibility index (Phi) is 4.16. The minimum Gasteiger partial charge on any atom is -0.479 e. The maximum Gasteiger partial charge on any atom is 0.241 e. The molecule has 0 amide bonds. The van der Waals surface area contributed by atoms with Gasteiger partial charge in [0.2, 0.25) is 5.88 Å². The molecule has 2 heterocycles. The summed E-state index contributed by atoms with van der Waals surface area (Å²) in [5, 5.41) is 0. The molecule has 2 aromatic heterocycles. The highest BCUT2D eigenvalue weighted by Gasteiger charge is 2.13. The molecular weight excluding hydrogens is 278 g/mol. The lowest BCUT2D eigenvalue weighted by Gasteiger charge is -2.08. The number of rotatable bonds is 6. The summed E-state index contributed by atoms with van der Waals surface area (Å²) in [7, 11) is 1.59. The van der Waals surface area contributed by atoms with Gasteiger partial charge in [-0.2, -0.15) is 4.98 Å². The standard InChI is InChI=1S/C17H17N3O2/c1-3-14-9-20(12-22-10-13-7-5-4-6-8-13)16-15(14)18-11-19-17(16)21-2/h3-9,11H,1,10,12H2,2H3. The Hall–Kier alpha value is -2.66. The van der Waals surface area contributed by atoms with Gasteiger partial charge in [-0.1, -0.05) is 43.0 Å². The van der Waals surface area contributed by atoms with Crippen LogP contribution in [0.25, 0.3) is 17.1 Å². The molecule has 5 nitrogen and oxygen atoms in total. The second-order valence-corrected chi connectivity index (χ2v) is 4.80. The predicted octanol–water partition coefficient (Wildman–Crippen LogP) is 3.26. The van der Waals surface area contributed by atoms with E-state index in [1.54, 1.807) is 13.2 Å². The molecule has 0 spiro atoms. The predicted molar refractivity (Wildman–Crippen MR) is 85.4 cm³/mol. The molecule has 0 fully saturated rings. The monoisotopic (exact) mass is 295 g/mol. The van der Waals surface area contributed by atoms with Crippen LogP contribution in [-0.2, 0) is 18.1 Å². The average molecular weight is 295 g/mol. The molecule has 112 valence electrons. The van der Waals surface area contributed by atoms with Crippen molar-refractivity contribution in [2.75, 3.05) is 7.11 Å². The fourth-order valence-corrected chi connectivity index (χ4v) is 2.36. The van der Waals surface area contributed by atoms with Crippen LogP contribution in [0.5, 0.6) is 5.88 Å². The first kappa shape index (κ1) is 14.3. The smallest absolute Gasteiger partial charge is 0.241 e. The molecule has 0 bridgehead atoms. The van der Waals surface area contributed by atoms with E-state index < -0.39 is 0 Å². The van der Waals surface area contributed by atoms with Gasteiger partial charge in [0.15, 0.2) is 0 Å². The van der Waals surface area contributed by atoms with Crippen LogP contribution in [0.2, 0.25) is 0 Å². The number of ether oxygens (including phenoxy) is 2. The van der Waals surface area contributed by atoms with Gasteiger partial charge in [0.1, 0.15) is 24.1 Å². The molecular formula is C17H17N3O2. The number of aromatic nitrogens is 3. The molecule has 3 aromatic rings. The van der Waals surface area contributed by atoms with Crippen molar-refractivity contribution in [3.05, 3.63) is 60.6 Å². The van der Waals surface area contributed by atoms with Crippen LogP contribution in [0.15, 0.2) is 49.4 Å². The van der Waals surface area contributed by atoms with Crippen molar-refractivity contribution in [2.24, 2.45) is 0 Å². The Labute approximate surface area is 128 Å². The molecule has 0 N–H and O–H groups in total. The molecule has 5 heteroatoms. The highest BCUT2D eigenvalue weighted by atomic mass is 16.5. The van der Waals surface area contributed by atoms with Crippen molar-refractivity contribution in [2.45, 2.75) is 13.3 Å². The Balaban J connectivity index is 1.85. The molecule has 0 aliphatic heterocycles. The average Bonchev–Trinajstić information content (AvgIpc) is 2.94. The molecule has 0 saturated heterocycles. The molecule has 0 aliphatic rings. The minimum atomic E-state index is 0.392. The van der Waals surface area contributed by atoms with Crippen LogP contribution in [0, 0.1) is 0 Å². The molecule has 0 radical (unpaired) electrons. The first-order valence-electron chi connectivity index (χ1n) is 6.95. The number of benzene rings is 1. The summed E-state index contributed by atoms with van der Waals surface area (Å²) in [6, 6.07) is 10.0. The topological polar surface area (TPSA) is 49.2 Å². The summed E-state index contributed by atoms with van der Waals surface area (Å²) in [4.78, 5) is 8.46. The largest absolute Gasteiger partial charge is 0.479 e. The van der Waals surface area contributed by atoms with Crippen molar-refractivity contribution >= 4 is 17.1 Å². The Bertz CT molecular complexity index is 781. The van der Waals surface area contributed by atoms with E-state index in [1.165, 1.54) is 6.33 Å². The van der Waals surface area contributed by atoms with Gasteiger partial charge in [0.05, 0.1) is 13.7 Å². The second kappa shape index (κ2) is 6.41. The maximum atomic E-state index is 5.79. The summed E-state index contributed by atoms with van der Waals surface area (Å²) in [6.07, 6.45) is 5.20. The highest BCUT2D eigenvalue weighted by Crippen LogP contribution is 2.26. The van der Waals surface area contributed by atoms with Crippen LogP contribution in [0.3, 0.4) is 0 Å².